The van der Waals surface area contributed by atoms with E-state index in [1.165, 1.54) is 25.0 Å². The van der Waals surface area contributed by atoms with Crippen molar-refractivity contribution in [3.05, 3.63) is 5.82 Å². The standard InChI is InChI=1S/C11H19N3S2/c1-3-15-10-6-4-5-7-14(8-10)11-12-9(2)13-16-11/h10H,3-8H2,1-2H3. The summed E-state index contributed by atoms with van der Waals surface area (Å²) in [4.78, 5) is 6.92. The first-order valence-corrected chi connectivity index (χ1v) is 7.78. The maximum Gasteiger partial charge on any atom is 0.205 e. The number of aryl methyl sites for hydroxylation is 1. The second kappa shape index (κ2) is 5.87. The number of rotatable bonds is 3. The van der Waals surface area contributed by atoms with Gasteiger partial charge in [0.2, 0.25) is 5.13 Å². The van der Waals surface area contributed by atoms with Gasteiger partial charge in [-0.2, -0.15) is 16.1 Å². The average molecular weight is 257 g/mol. The fourth-order valence-electron chi connectivity index (χ4n) is 2.06. The van der Waals surface area contributed by atoms with Crippen molar-refractivity contribution in [1.29, 1.82) is 0 Å². The topological polar surface area (TPSA) is 29.0 Å². The van der Waals surface area contributed by atoms with Crippen LogP contribution < -0.4 is 4.90 Å². The third-order valence-corrected chi connectivity index (χ3v) is 4.88. The average Bonchev–Trinajstić information content (AvgIpc) is 2.56. The molecule has 0 spiro atoms. The Hall–Kier alpha value is -0.290. The monoisotopic (exact) mass is 257 g/mol. The molecule has 0 aromatic carbocycles. The highest BCUT2D eigenvalue weighted by Crippen LogP contribution is 2.26. The molecule has 1 fully saturated rings. The molecule has 5 heteroatoms. The highest BCUT2D eigenvalue weighted by molar-refractivity contribution is 7.99. The van der Waals surface area contributed by atoms with Gasteiger partial charge in [0.05, 0.1) is 0 Å². The first kappa shape index (κ1) is 12.2. The minimum atomic E-state index is 0.775. The van der Waals surface area contributed by atoms with Gasteiger partial charge >= 0.3 is 0 Å². The summed E-state index contributed by atoms with van der Waals surface area (Å²) in [5, 5.41) is 1.89. The summed E-state index contributed by atoms with van der Waals surface area (Å²) in [5.74, 6) is 2.12. The predicted molar refractivity (Wildman–Crippen MR) is 72.6 cm³/mol. The van der Waals surface area contributed by atoms with Crippen LogP contribution in [0.4, 0.5) is 5.13 Å². The fourth-order valence-corrected chi connectivity index (χ4v) is 3.86. The van der Waals surface area contributed by atoms with Crippen LogP contribution in [-0.2, 0) is 0 Å². The van der Waals surface area contributed by atoms with E-state index < -0.39 is 0 Å². The van der Waals surface area contributed by atoms with Crippen LogP contribution in [0.1, 0.15) is 32.0 Å². The summed E-state index contributed by atoms with van der Waals surface area (Å²) >= 11 is 3.63. The molecule has 0 bridgehead atoms. The SMILES string of the molecule is CCSC1CCCCN(c2nc(C)ns2)C1. The zero-order chi connectivity index (χ0) is 11.4. The molecular weight excluding hydrogens is 238 g/mol. The Morgan fingerprint density at radius 2 is 2.38 bits per heavy atom. The molecule has 90 valence electrons. The molecule has 16 heavy (non-hydrogen) atoms. The number of hydrogen-bond acceptors (Lipinski definition) is 5. The van der Waals surface area contributed by atoms with E-state index >= 15 is 0 Å². The summed E-state index contributed by atoms with van der Waals surface area (Å²) in [6, 6.07) is 0. The van der Waals surface area contributed by atoms with Gasteiger partial charge in [-0.1, -0.05) is 13.3 Å². The van der Waals surface area contributed by atoms with Crippen molar-refractivity contribution in [2.24, 2.45) is 0 Å². The van der Waals surface area contributed by atoms with E-state index in [1.807, 2.05) is 6.92 Å². The summed E-state index contributed by atoms with van der Waals surface area (Å²) in [6.07, 6.45) is 4.00. The Kier molecular flexibility index (Phi) is 4.46. The number of hydrogen-bond donors (Lipinski definition) is 0. The lowest BCUT2D eigenvalue weighted by molar-refractivity contribution is 0.736. The smallest absolute Gasteiger partial charge is 0.205 e. The zero-order valence-electron chi connectivity index (χ0n) is 9.98. The van der Waals surface area contributed by atoms with Crippen molar-refractivity contribution >= 4 is 28.4 Å². The van der Waals surface area contributed by atoms with Crippen molar-refractivity contribution < 1.29 is 0 Å². The Labute approximate surface area is 106 Å². The number of nitrogens with zero attached hydrogens (tertiary/aromatic N) is 3. The van der Waals surface area contributed by atoms with Gasteiger partial charge in [0.25, 0.3) is 0 Å². The van der Waals surface area contributed by atoms with Gasteiger partial charge in [0.15, 0.2) is 0 Å². The van der Waals surface area contributed by atoms with Gasteiger partial charge in [-0.15, -0.1) is 0 Å². The van der Waals surface area contributed by atoms with E-state index in [4.69, 9.17) is 0 Å². The molecule has 1 aliphatic rings. The van der Waals surface area contributed by atoms with Crippen LogP contribution in [0.2, 0.25) is 0 Å². The molecule has 1 aromatic heterocycles. The molecule has 0 N–H and O–H groups in total. The van der Waals surface area contributed by atoms with Crippen LogP contribution in [0, 0.1) is 6.92 Å². The lowest BCUT2D eigenvalue weighted by atomic mass is 10.2. The molecule has 2 rings (SSSR count). The summed E-state index contributed by atoms with van der Waals surface area (Å²) in [5.41, 5.74) is 0. The molecule has 1 saturated heterocycles. The van der Waals surface area contributed by atoms with Crippen LogP contribution in [0.3, 0.4) is 0 Å². The lowest BCUT2D eigenvalue weighted by Crippen LogP contribution is -2.29. The van der Waals surface area contributed by atoms with E-state index in [0.29, 0.717) is 0 Å². The van der Waals surface area contributed by atoms with Gasteiger partial charge in [-0.25, -0.2) is 4.98 Å². The maximum atomic E-state index is 4.49. The van der Waals surface area contributed by atoms with Crippen molar-refractivity contribution in [3.63, 3.8) is 0 Å². The Bertz CT molecular complexity index is 327. The highest BCUT2D eigenvalue weighted by atomic mass is 32.2. The third kappa shape index (κ3) is 3.10. The number of anilines is 1. The van der Waals surface area contributed by atoms with E-state index in [2.05, 4.69) is 32.9 Å². The summed E-state index contributed by atoms with van der Waals surface area (Å²) < 4.78 is 4.28. The Morgan fingerprint density at radius 3 is 3.06 bits per heavy atom. The first-order valence-electron chi connectivity index (χ1n) is 5.96. The molecular formula is C11H19N3S2. The predicted octanol–water partition coefficient (Wildman–Crippen LogP) is 2.96. The lowest BCUT2D eigenvalue weighted by Gasteiger charge is -2.22. The first-order chi connectivity index (χ1) is 7.79. The molecule has 1 aliphatic heterocycles. The molecule has 1 unspecified atom stereocenters. The van der Waals surface area contributed by atoms with Crippen LogP contribution in [0.25, 0.3) is 0 Å². The molecule has 1 aromatic rings. The van der Waals surface area contributed by atoms with Crippen molar-refractivity contribution in [2.45, 2.75) is 38.4 Å². The van der Waals surface area contributed by atoms with Gasteiger partial charge < -0.3 is 4.90 Å². The molecule has 2 heterocycles. The minimum Gasteiger partial charge on any atom is -0.346 e. The quantitative estimate of drug-likeness (QED) is 0.832. The molecule has 1 atom stereocenters. The summed E-state index contributed by atoms with van der Waals surface area (Å²) in [7, 11) is 0. The van der Waals surface area contributed by atoms with Crippen molar-refractivity contribution in [1.82, 2.24) is 9.36 Å². The number of thioether (sulfide) groups is 1. The van der Waals surface area contributed by atoms with Crippen molar-refractivity contribution in [3.8, 4) is 0 Å². The number of aromatic nitrogens is 2. The van der Waals surface area contributed by atoms with Crippen LogP contribution in [-0.4, -0.2) is 33.4 Å². The summed E-state index contributed by atoms with van der Waals surface area (Å²) in [6.45, 7) is 6.51. The van der Waals surface area contributed by atoms with Gasteiger partial charge in [-0.3, -0.25) is 0 Å². The van der Waals surface area contributed by atoms with E-state index in [1.54, 1.807) is 11.5 Å². The molecule has 0 saturated carbocycles. The van der Waals surface area contributed by atoms with E-state index in [9.17, 15) is 0 Å². The molecule has 0 radical (unpaired) electrons. The van der Waals surface area contributed by atoms with E-state index in [0.717, 1.165) is 29.3 Å². The second-order valence-corrected chi connectivity index (χ2v) is 6.45. The largest absolute Gasteiger partial charge is 0.346 e. The third-order valence-electron chi connectivity index (χ3n) is 2.82. The van der Waals surface area contributed by atoms with Crippen LogP contribution >= 0.6 is 23.3 Å². The molecule has 0 amide bonds. The minimum absolute atomic E-state index is 0.775. The fraction of sp³-hybridized carbons (Fsp3) is 0.818. The van der Waals surface area contributed by atoms with Gasteiger partial charge in [0.1, 0.15) is 5.82 Å². The van der Waals surface area contributed by atoms with Gasteiger partial charge in [-0.05, 0) is 25.5 Å². The Balaban J connectivity index is 2.02. The molecule has 0 aliphatic carbocycles. The normalized spacial score (nSPS) is 22.1. The molecule has 3 nitrogen and oxygen atoms in total. The van der Waals surface area contributed by atoms with E-state index in [-0.39, 0.29) is 0 Å². The van der Waals surface area contributed by atoms with Crippen LogP contribution in [0.5, 0.6) is 0 Å². The van der Waals surface area contributed by atoms with Gasteiger partial charge in [0, 0.05) is 29.9 Å². The Morgan fingerprint density at radius 1 is 1.50 bits per heavy atom. The highest BCUT2D eigenvalue weighted by Gasteiger charge is 2.20. The zero-order valence-corrected chi connectivity index (χ0v) is 11.6. The van der Waals surface area contributed by atoms with Crippen LogP contribution in [0.15, 0.2) is 0 Å². The maximum absolute atomic E-state index is 4.49. The van der Waals surface area contributed by atoms with Crippen molar-refractivity contribution in [2.75, 3.05) is 23.7 Å². The second-order valence-electron chi connectivity index (χ2n) is 4.14.